The monoisotopic (exact) mass is 803 g/mol. The standard InChI is InChI=1S/C25H18Br5N3O3/c1-3-21-32-19-7-6-15(26)9-17(19)25(34)33(21)31-11-14-8-20(35-2)24(23(30)22(14)29)36-12-13-4-5-16(27)10-18(13)28/h4-11H,3,12H2,1-2H3. The van der Waals surface area contributed by atoms with E-state index in [-0.39, 0.29) is 5.56 Å². The van der Waals surface area contributed by atoms with Crippen molar-refractivity contribution in [1.82, 2.24) is 9.66 Å². The maximum absolute atomic E-state index is 13.2. The first-order chi connectivity index (χ1) is 17.2. The molecule has 0 saturated heterocycles. The Kier molecular flexibility index (Phi) is 9.09. The molecule has 0 fully saturated rings. The highest BCUT2D eigenvalue weighted by Crippen LogP contribution is 2.43. The van der Waals surface area contributed by atoms with Gasteiger partial charge in [-0.15, -0.1) is 0 Å². The third-order valence-electron chi connectivity index (χ3n) is 5.27. The van der Waals surface area contributed by atoms with Crippen molar-refractivity contribution in [3.63, 3.8) is 0 Å². The van der Waals surface area contributed by atoms with Gasteiger partial charge in [0.15, 0.2) is 11.5 Å². The van der Waals surface area contributed by atoms with Gasteiger partial charge in [0.2, 0.25) is 0 Å². The zero-order valence-corrected chi connectivity index (χ0v) is 26.9. The molecule has 4 aromatic rings. The molecule has 0 spiro atoms. The van der Waals surface area contributed by atoms with E-state index in [0.717, 1.165) is 19.0 Å². The summed E-state index contributed by atoms with van der Waals surface area (Å²) in [7, 11) is 1.57. The molecule has 6 nitrogen and oxygen atoms in total. The number of aromatic nitrogens is 2. The molecular formula is C25H18Br5N3O3. The number of nitrogens with zero attached hydrogens (tertiary/aromatic N) is 3. The van der Waals surface area contributed by atoms with Gasteiger partial charge in [0.1, 0.15) is 12.4 Å². The molecule has 36 heavy (non-hydrogen) atoms. The zero-order chi connectivity index (χ0) is 26.0. The summed E-state index contributed by atoms with van der Waals surface area (Å²) in [4.78, 5) is 17.8. The number of halogens is 5. The van der Waals surface area contributed by atoms with E-state index in [1.165, 1.54) is 4.68 Å². The van der Waals surface area contributed by atoms with E-state index in [4.69, 9.17) is 9.47 Å². The van der Waals surface area contributed by atoms with Gasteiger partial charge in [-0.3, -0.25) is 4.79 Å². The van der Waals surface area contributed by atoms with Crippen molar-refractivity contribution < 1.29 is 9.47 Å². The average Bonchev–Trinajstić information content (AvgIpc) is 2.86. The molecule has 4 rings (SSSR count). The molecule has 0 aliphatic rings. The molecule has 0 radical (unpaired) electrons. The molecule has 11 heteroatoms. The number of aryl methyl sites for hydroxylation is 1. The molecule has 1 aromatic heterocycles. The van der Waals surface area contributed by atoms with Gasteiger partial charge in [0.25, 0.3) is 5.56 Å². The highest BCUT2D eigenvalue weighted by Gasteiger charge is 2.18. The molecule has 0 N–H and O–H groups in total. The SMILES string of the molecule is CCc1nc2ccc(Br)cc2c(=O)n1N=Cc1cc(OC)c(OCc2ccc(Br)cc2Br)c(Br)c1Br. The smallest absolute Gasteiger partial charge is 0.282 e. The van der Waals surface area contributed by atoms with E-state index in [1.807, 2.05) is 37.3 Å². The predicted molar refractivity (Wildman–Crippen MR) is 161 cm³/mol. The summed E-state index contributed by atoms with van der Waals surface area (Å²) in [6, 6.07) is 13.1. The van der Waals surface area contributed by atoms with Crippen molar-refractivity contribution in [2.75, 3.05) is 7.11 Å². The van der Waals surface area contributed by atoms with Crippen molar-refractivity contribution in [1.29, 1.82) is 0 Å². The van der Waals surface area contributed by atoms with Crippen LogP contribution in [0.3, 0.4) is 0 Å². The van der Waals surface area contributed by atoms with Crippen LogP contribution in [0.2, 0.25) is 0 Å². The second-order valence-electron chi connectivity index (χ2n) is 7.55. The fraction of sp³-hybridized carbons (Fsp3) is 0.160. The Bertz CT molecular complexity index is 1550. The molecular weight excluding hydrogens is 790 g/mol. The number of rotatable bonds is 7. The lowest BCUT2D eigenvalue weighted by Gasteiger charge is -2.16. The summed E-state index contributed by atoms with van der Waals surface area (Å²) >= 11 is 17.7. The summed E-state index contributed by atoms with van der Waals surface area (Å²) in [5.74, 6) is 1.62. The molecule has 0 saturated carbocycles. The molecule has 0 bridgehead atoms. The van der Waals surface area contributed by atoms with Gasteiger partial charge in [-0.2, -0.15) is 9.78 Å². The van der Waals surface area contributed by atoms with Crippen LogP contribution in [0, 0.1) is 0 Å². The number of methoxy groups -OCH3 is 1. The van der Waals surface area contributed by atoms with Gasteiger partial charge in [-0.1, -0.05) is 60.8 Å². The second-order valence-corrected chi connectivity index (χ2v) is 11.8. The molecule has 0 aliphatic heterocycles. The van der Waals surface area contributed by atoms with E-state index in [2.05, 4.69) is 89.7 Å². The second kappa shape index (κ2) is 11.9. The first-order valence-electron chi connectivity index (χ1n) is 10.6. The van der Waals surface area contributed by atoms with Crippen LogP contribution in [0.15, 0.2) is 74.7 Å². The van der Waals surface area contributed by atoms with E-state index >= 15 is 0 Å². The Morgan fingerprint density at radius 3 is 2.42 bits per heavy atom. The molecule has 0 aliphatic carbocycles. The van der Waals surface area contributed by atoms with Gasteiger partial charge in [0, 0.05) is 35.4 Å². The van der Waals surface area contributed by atoms with Crippen molar-refractivity contribution in [2.45, 2.75) is 20.0 Å². The van der Waals surface area contributed by atoms with Crippen molar-refractivity contribution in [2.24, 2.45) is 5.10 Å². The summed E-state index contributed by atoms with van der Waals surface area (Å²) in [6.07, 6.45) is 2.14. The number of benzene rings is 3. The topological polar surface area (TPSA) is 65.7 Å². The van der Waals surface area contributed by atoms with E-state index in [1.54, 1.807) is 25.5 Å². The minimum absolute atomic E-state index is 0.239. The largest absolute Gasteiger partial charge is 0.493 e. The van der Waals surface area contributed by atoms with Crippen LogP contribution in [0.25, 0.3) is 10.9 Å². The van der Waals surface area contributed by atoms with Gasteiger partial charge in [-0.25, -0.2) is 4.98 Å². The van der Waals surface area contributed by atoms with Crippen LogP contribution in [0.4, 0.5) is 0 Å². The van der Waals surface area contributed by atoms with Crippen molar-refractivity contribution >= 4 is 96.8 Å². The minimum Gasteiger partial charge on any atom is -0.493 e. The van der Waals surface area contributed by atoms with Crippen LogP contribution < -0.4 is 15.0 Å². The highest BCUT2D eigenvalue weighted by atomic mass is 79.9. The number of hydrogen-bond donors (Lipinski definition) is 0. The Morgan fingerprint density at radius 1 is 1.00 bits per heavy atom. The van der Waals surface area contributed by atoms with Gasteiger partial charge in [0.05, 0.1) is 28.7 Å². The molecule has 0 atom stereocenters. The van der Waals surface area contributed by atoms with Gasteiger partial charge in [-0.05, 0) is 68.3 Å². The van der Waals surface area contributed by atoms with Crippen molar-refractivity contribution in [3.05, 3.63) is 92.1 Å². The third-order valence-corrected chi connectivity index (χ3v) is 9.13. The molecule has 1 heterocycles. The third kappa shape index (κ3) is 5.80. The fourth-order valence-corrected chi connectivity index (χ4v) is 5.89. The van der Waals surface area contributed by atoms with E-state index in [9.17, 15) is 4.79 Å². The minimum atomic E-state index is -0.239. The number of ether oxygens (including phenoxy) is 2. The van der Waals surface area contributed by atoms with Crippen LogP contribution >= 0.6 is 79.6 Å². The summed E-state index contributed by atoms with van der Waals surface area (Å²) in [5.41, 5.74) is 2.07. The Morgan fingerprint density at radius 2 is 1.72 bits per heavy atom. The van der Waals surface area contributed by atoms with E-state index < -0.39 is 0 Å². The average molecular weight is 808 g/mol. The highest BCUT2D eigenvalue weighted by molar-refractivity contribution is 9.13. The van der Waals surface area contributed by atoms with Crippen LogP contribution in [0.1, 0.15) is 23.9 Å². The normalized spacial score (nSPS) is 11.4. The predicted octanol–water partition coefficient (Wildman–Crippen LogP) is 8.24. The maximum atomic E-state index is 13.2. The lowest BCUT2D eigenvalue weighted by atomic mass is 10.2. The summed E-state index contributed by atoms with van der Waals surface area (Å²) in [6.45, 7) is 2.26. The quantitative estimate of drug-likeness (QED) is 0.177. The summed E-state index contributed by atoms with van der Waals surface area (Å²) in [5, 5.41) is 4.98. The molecule has 186 valence electrons. The first kappa shape index (κ1) is 27.5. The fourth-order valence-electron chi connectivity index (χ4n) is 3.44. The van der Waals surface area contributed by atoms with Gasteiger partial charge < -0.3 is 9.47 Å². The number of hydrogen-bond acceptors (Lipinski definition) is 5. The lowest BCUT2D eigenvalue weighted by molar-refractivity contribution is 0.281. The lowest BCUT2D eigenvalue weighted by Crippen LogP contribution is -2.22. The van der Waals surface area contributed by atoms with Crippen LogP contribution in [-0.2, 0) is 13.0 Å². The maximum Gasteiger partial charge on any atom is 0.282 e. The van der Waals surface area contributed by atoms with Crippen molar-refractivity contribution in [3.8, 4) is 11.5 Å². The molecule has 0 amide bonds. The first-order valence-corrected chi connectivity index (χ1v) is 14.6. The Labute approximate surface area is 249 Å². The number of fused-ring (bicyclic) bond motifs is 1. The zero-order valence-electron chi connectivity index (χ0n) is 19.0. The Hall–Kier alpha value is -1.53. The van der Waals surface area contributed by atoms with Crippen LogP contribution in [0.5, 0.6) is 11.5 Å². The molecule has 3 aromatic carbocycles. The summed E-state index contributed by atoms with van der Waals surface area (Å²) < 4.78 is 17.1. The van der Waals surface area contributed by atoms with Gasteiger partial charge >= 0.3 is 0 Å². The Balaban J connectivity index is 1.71. The van der Waals surface area contributed by atoms with E-state index in [0.29, 0.717) is 55.8 Å². The van der Waals surface area contributed by atoms with Crippen LogP contribution in [-0.4, -0.2) is 23.0 Å². The molecule has 0 unspecified atom stereocenters.